The molecule has 2 rings (SSSR count). The molecule has 0 aromatic heterocycles. The van der Waals surface area contributed by atoms with Gasteiger partial charge in [0.25, 0.3) is 0 Å². The van der Waals surface area contributed by atoms with E-state index in [1.165, 1.54) is 0 Å². The first kappa shape index (κ1) is 14.0. The standard InChI is InChI=1S/C12H15NO3.ClH/c14-12(15)11-6-10(7-13-11)16-8-9-4-2-1-3-5-9;/h1-5,10-11,13H,6-8H2,(H,14,15);1H/t10-,11?;/m1./s1. The topological polar surface area (TPSA) is 58.6 Å². The molecule has 0 aliphatic carbocycles. The van der Waals surface area contributed by atoms with Crippen LogP contribution in [-0.2, 0) is 16.1 Å². The zero-order chi connectivity index (χ0) is 11.4. The Bertz CT molecular complexity index is 358. The lowest BCUT2D eigenvalue weighted by atomic mass is 10.2. The first-order chi connectivity index (χ1) is 7.75. The third kappa shape index (κ3) is 4.00. The Morgan fingerprint density at radius 3 is 2.71 bits per heavy atom. The van der Waals surface area contributed by atoms with E-state index in [4.69, 9.17) is 9.84 Å². The molecule has 2 atom stereocenters. The van der Waals surface area contributed by atoms with Gasteiger partial charge in [0.05, 0.1) is 12.7 Å². The van der Waals surface area contributed by atoms with Crippen LogP contribution in [0.1, 0.15) is 12.0 Å². The van der Waals surface area contributed by atoms with E-state index in [1.54, 1.807) is 0 Å². The maximum Gasteiger partial charge on any atom is 0.320 e. The summed E-state index contributed by atoms with van der Waals surface area (Å²) >= 11 is 0. The average Bonchev–Trinajstić information content (AvgIpc) is 2.76. The second-order valence-corrected chi connectivity index (χ2v) is 3.95. The molecule has 17 heavy (non-hydrogen) atoms. The van der Waals surface area contributed by atoms with Gasteiger partial charge < -0.3 is 15.2 Å². The van der Waals surface area contributed by atoms with E-state index in [-0.39, 0.29) is 18.5 Å². The van der Waals surface area contributed by atoms with E-state index in [0.29, 0.717) is 19.6 Å². The van der Waals surface area contributed by atoms with E-state index >= 15 is 0 Å². The number of hydrogen-bond donors (Lipinski definition) is 2. The summed E-state index contributed by atoms with van der Waals surface area (Å²) in [6, 6.07) is 9.42. The van der Waals surface area contributed by atoms with Crippen molar-refractivity contribution < 1.29 is 14.6 Å². The van der Waals surface area contributed by atoms with Crippen LogP contribution in [-0.4, -0.2) is 29.8 Å². The SMILES string of the molecule is Cl.O=C(O)C1C[C@@H](OCc2ccccc2)CN1. The average molecular weight is 258 g/mol. The molecule has 5 heteroatoms. The zero-order valence-corrected chi connectivity index (χ0v) is 10.2. The molecular weight excluding hydrogens is 242 g/mol. The van der Waals surface area contributed by atoms with Crippen LogP contribution in [0.25, 0.3) is 0 Å². The Kier molecular flexibility index (Phi) is 5.41. The van der Waals surface area contributed by atoms with Gasteiger partial charge in [-0.1, -0.05) is 30.3 Å². The van der Waals surface area contributed by atoms with Crippen LogP contribution >= 0.6 is 12.4 Å². The maximum atomic E-state index is 10.7. The minimum absolute atomic E-state index is 0. The van der Waals surface area contributed by atoms with Crippen LogP contribution in [0.4, 0.5) is 0 Å². The van der Waals surface area contributed by atoms with Gasteiger partial charge in [0.1, 0.15) is 6.04 Å². The molecule has 4 nitrogen and oxygen atoms in total. The molecule has 1 unspecified atom stereocenters. The number of nitrogens with one attached hydrogen (secondary N) is 1. The number of halogens is 1. The molecule has 1 aromatic carbocycles. The van der Waals surface area contributed by atoms with Crippen molar-refractivity contribution >= 4 is 18.4 Å². The number of carboxylic acids is 1. The van der Waals surface area contributed by atoms with Gasteiger partial charge in [0.15, 0.2) is 0 Å². The monoisotopic (exact) mass is 257 g/mol. The number of carboxylic acid groups (broad SMARTS) is 1. The van der Waals surface area contributed by atoms with Crippen LogP contribution in [0, 0.1) is 0 Å². The molecular formula is C12H16ClNO3. The van der Waals surface area contributed by atoms with Crippen molar-refractivity contribution in [1.29, 1.82) is 0 Å². The zero-order valence-electron chi connectivity index (χ0n) is 9.33. The minimum atomic E-state index is -0.800. The third-order valence-electron chi connectivity index (χ3n) is 2.72. The molecule has 0 saturated carbocycles. The summed E-state index contributed by atoms with van der Waals surface area (Å²) in [5.41, 5.74) is 1.11. The summed E-state index contributed by atoms with van der Waals surface area (Å²) in [7, 11) is 0. The molecule has 0 amide bonds. The Hall–Kier alpha value is -1.10. The normalized spacial score (nSPS) is 23.1. The number of hydrogen-bond acceptors (Lipinski definition) is 3. The fourth-order valence-electron chi connectivity index (χ4n) is 1.81. The van der Waals surface area contributed by atoms with E-state index in [0.717, 1.165) is 5.56 Å². The molecule has 1 aliphatic rings. The molecule has 94 valence electrons. The van der Waals surface area contributed by atoms with Crippen LogP contribution in [0.5, 0.6) is 0 Å². The highest BCUT2D eigenvalue weighted by Crippen LogP contribution is 2.12. The predicted octanol–water partition coefficient (Wildman–Crippen LogP) is 1.44. The third-order valence-corrected chi connectivity index (χ3v) is 2.72. The largest absolute Gasteiger partial charge is 0.480 e. The van der Waals surface area contributed by atoms with E-state index in [9.17, 15) is 4.79 Å². The summed E-state index contributed by atoms with van der Waals surface area (Å²) in [4.78, 5) is 10.7. The molecule has 0 spiro atoms. The summed E-state index contributed by atoms with van der Waals surface area (Å²) in [6.45, 7) is 1.16. The number of rotatable bonds is 4. The van der Waals surface area contributed by atoms with Gasteiger partial charge in [-0.25, -0.2) is 0 Å². The number of benzene rings is 1. The molecule has 0 bridgehead atoms. The van der Waals surface area contributed by atoms with Crippen molar-refractivity contribution in [3.05, 3.63) is 35.9 Å². The summed E-state index contributed by atoms with van der Waals surface area (Å²) in [5, 5.41) is 11.7. The van der Waals surface area contributed by atoms with Gasteiger partial charge in [-0.2, -0.15) is 0 Å². The lowest BCUT2D eigenvalue weighted by molar-refractivity contribution is -0.139. The fourth-order valence-corrected chi connectivity index (χ4v) is 1.81. The predicted molar refractivity (Wildman–Crippen MR) is 66.3 cm³/mol. The number of ether oxygens (including phenoxy) is 1. The molecule has 1 fully saturated rings. The molecule has 1 saturated heterocycles. The van der Waals surface area contributed by atoms with Gasteiger partial charge in [-0.05, 0) is 5.56 Å². The summed E-state index contributed by atoms with van der Waals surface area (Å²) in [6.07, 6.45) is 0.545. The Labute approximate surface area is 106 Å². The van der Waals surface area contributed by atoms with Gasteiger partial charge in [0, 0.05) is 13.0 Å². The Morgan fingerprint density at radius 1 is 1.41 bits per heavy atom. The highest BCUT2D eigenvalue weighted by Gasteiger charge is 2.29. The van der Waals surface area contributed by atoms with Crippen molar-refractivity contribution in [3.8, 4) is 0 Å². The first-order valence-electron chi connectivity index (χ1n) is 5.37. The highest BCUT2D eigenvalue weighted by atomic mass is 35.5. The summed E-state index contributed by atoms with van der Waals surface area (Å²) in [5.74, 6) is -0.800. The first-order valence-corrected chi connectivity index (χ1v) is 5.37. The van der Waals surface area contributed by atoms with Crippen molar-refractivity contribution in [2.75, 3.05) is 6.54 Å². The van der Waals surface area contributed by atoms with Gasteiger partial charge in [0.2, 0.25) is 0 Å². The maximum absolute atomic E-state index is 10.7. The van der Waals surface area contributed by atoms with Gasteiger partial charge in [-0.3, -0.25) is 4.79 Å². The number of aliphatic carboxylic acids is 1. The molecule has 1 aliphatic heterocycles. The van der Waals surface area contributed by atoms with Crippen molar-refractivity contribution in [3.63, 3.8) is 0 Å². The lowest BCUT2D eigenvalue weighted by Gasteiger charge is -2.10. The van der Waals surface area contributed by atoms with Gasteiger partial charge >= 0.3 is 5.97 Å². The van der Waals surface area contributed by atoms with E-state index in [1.807, 2.05) is 30.3 Å². The van der Waals surface area contributed by atoms with Gasteiger partial charge in [-0.15, -0.1) is 12.4 Å². The van der Waals surface area contributed by atoms with Crippen molar-refractivity contribution in [2.45, 2.75) is 25.2 Å². The van der Waals surface area contributed by atoms with Crippen molar-refractivity contribution in [2.24, 2.45) is 0 Å². The molecule has 1 heterocycles. The van der Waals surface area contributed by atoms with Crippen LogP contribution in [0.15, 0.2) is 30.3 Å². The Balaban J connectivity index is 0.00000144. The van der Waals surface area contributed by atoms with Crippen LogP contribution in [0.3, 0.4) is 0 Å². The second-order valence-electron chi connectivity index (χ2n) is 3.95. The van der Waals surface area contributed by atoms with E-state index < -0.39 is 12.0 Å². The second kappa shape index (κ2) is 6.59. The Morgan fingerprint density at radius 2 is 2.12 bits per heavy atom. The fraction of sp³-hybridized carbons (Fsp3) is 0.417. The quantitative estimate of drug-likeness (QED) is 0.857. The lowest BCUT2D eigenvalue weighted by Crippen LogP contribution is -2.29. The molecule has 0 radical (unpaired) electrons. The van der Waals surface area contributed by atoms with E-state index in [2.05, 4.69) is 5.32 Å². The van der Waals surface area contributed by atoms with Crippen LogP contribution < -0.4 is 5.32 Å². The minimum Gasteiger partial charge on any atom is -0.480 e. The molecule has 1 aromatic rings. The molecule has 2 N–H and O–H groups in total. The number of carbonyl (C=O) groups is 1. The van der Waals surface area contributed by atoms with Crippen molar-refractivity contribution in [1.82, 2.24) is 5.32 Å². The summed E-state index contributed by atoms with van der Waals surface area (Å²) < 4.78 is 5.64. The highest BCUT2D eigenvalue weighted by molar-refractivity contribution is 5.85. The van der Waals surface area contributed by atoms with Crippen LogP contribution in [0.2, 0.25) is 0 Å². The smallest absolute Gasteiger partial charge is 0.320 e.